The lowest BCUT2D eigenvalue weighted by atomic mass is 10.0. The maximum absolute atomic E-state index is 2.84. The van der Waals surface area contributed by atoms with Crippen LogP contribution in [0.3, 0.4) is 0 Å². The quantitative estimate of drug-likeness (QED) is 0.0850. The Bertz CT molecular complexity index is 383. The molecule has 3 heteroatoms. The lowest BCUT2D eigenvalue weighted by molar-refractivity contribution is -0.690. The number of hydrogen-bond donors (Lipinski definition) is 1. The maximum Gasteiger partial charge on any atom is 0.0886 e. The van der Waals surface area contributed by atoms with Crippen LogP contribution in [-0.2, 0) is 0 Å². The van der Waals surface area contributed by atoms with Crippen LogP contribution < -0.4 is 17.7 Å². The highest BCUT2D eigenvalue weighted by Crippen LogP contribution is 2.12. The molecule has 0 radical (unpaired) electrons. The second-order valence-electron chi connectivity index (χ2n) is 12.3. The molecule has 232 valence electrons. The summed E-state index contributed by atoms with van der Waals surface area (Å²) in [6.45, 7) is 14.6. The Hall–Kier alpha value is 0.210. The van der Waals surface area contributed by atoms with Gasteiger partial charge < -0.3 is 17.7 Å². The number of hydrogen-bond acceptors (Lipinski definition) is 1. The smallest absolute Gasteiger partial charge is 0.0886 e. The first-order valence-corrected chi connectivity index (χ1v) is 17.8. The predicted molar refractivity (Wildman–Crippen MR) is 170 cm³/mol. The molecule has 0 bridgehead atoms. The molecule has 0 saturated heterocycles. The van der Waals surface area contributed by atoms with Gasteiger partial charge in [0.15, 0.2) is 0 Å². The van der Waals surface area contributed by atoms with Crippen LogP contribution >= 0.6 is 0 Å². The van der Waals surface area contributed by atoms with E-state index in [1.807, 2.05) is 0 Å². The van der Waals surface area contributed by atoms with Crippen LogP contribution in [0.25, 0.3) is 0 Å². The first-order chi connectivity index (χ1) is 18.3. The van der Waals surface area contributed by atoms with Crippen molar-refractivity contribution in [3.05, 3.63) is 0 Å². The highest BCUT2D eigenvalue weighted by atomic mass is 35.5. The Morgan fingerprint density at radius 1 is 0.395 bits per heavy atom. The number of nitrogens with zero attached hydrogens (tertiary/aromatic N) is 1. The topological polar surface area (TPSA) is 19.9 Å². The Morgan fingerprint density at radius 3 is 1.13 bits per heavy atom. The monoisotopic (exact) mass is 559 g/mol. The molecule has 2 nitrogen and oxygen atoms in total. The molecule has 1 atom stereocenters. The van der Waals surface area contributed by atoms with E-state index in [1.165, 1.54) is 193 Å². The second-order valence-corrected chi connectivity index (χ2v) is 12.3. The van der Waals surface area contributed by atoms with Crippen LogP contribution in [0.4, 0.5) is 0 Å². The van der Waals surface area contributed by atoms with Gasteiger partial charge in [0, 0.05) is 6.54 Å². The third-order valence-corrected chi connectivity index (χ3v) is 8.46. The molecule has 0 heterocycles. The maximum atomic E-state index is 2.84. The number of quaternary nitrogens is 1. The molecular formula is C35H75ClN2. The Balaban J connectivity index is 0. The van der Waals surface area contributed by atoms with Crippen molar-refractivity contribution in [2.45, 2.75) is 201 Å². The molecule has 0 aliphatic carbocycles. The molecule has 0 aliphatic rings. The number of nitrogens with two attached hydrogens (primary N) is 1. The highest BCUT2D eigenvalue weighted by molar-refractivity contribution is 4.61. The van der Waals surface area contributed by atoms with Gasteiger partial charge in [0.1, 0.15) is 0 Å². The summed E-state index contributed by atoms with van der Waals surface area (Å²) in [5.74, 6) is 0. The first-order valence-electron chi connectivity index (χ1n) is 17.8. The molecule has 0 amide bonds. The van der Waals surface area contributed by atoms with Gasteiger partial charge in [0.05, 0.1) is 12.6 Å². The third-order valence-electron chi connectivity index (χ3n) is 8.46. The lowest BCUT2D eigenvalue weighted by Gasteiger charge is -2.23. The summed E-state index contributed by atoms with van der Waals surface area (Å²) in [6, 6.07) is 0.876. The van der Waals surface area contributed by atoms with E-state index in [1.54, 1.807) is 0 Å². The summed E-state index contributed by atoms with van der Waals surface area (Å²) in [4.78, 5) is 2.84. The van der Waals surface area contributed by atoms with Crippen molar-refractivity contribution in [1.29, 1.82) is 0 Å². The number of rotatable bonds is 32. The van der Waals surface area contributed by atoms with E-state index in [0.717, 1.165) is 6.04 Å². The van der Waals surface area contributed by atoms with E-state index in [0.29, 0.717) is 0 Å². The Morgan fingerprint density at radius 2 is 0.711 bits per heavy atom. The van der Waals surface area contributed by atoms with Gasteiger partial charge in [-0.2, -0.15) is 0 Å². The van der Waals surface area contributed by atoms with Crippen molar-refractivity contribution in [1.82, 2.24) is 4.90 Å². The molecule has 0 aromatic rings. The number of halogens is 1. The van der Waals surface area contributed by atoms with Gasteiger partial charge in [-0.3, -0.25) is 4.90 Å². The summed E-state index contributed by atoms with van der Waals surface area (Å²) < 4.78 is 0. The zero-order valence-electron chi connectivity index (χ0n) is 27.2. The van der Waals surface area contributed by atoms with Gasteiger partial charge in [0.25, 0.3) is 0 Å². The van der Waals surface area contributed by atoms with Crippen molar-refractivity contribution in [2.75, 3.05) is 26.2 Å². The number of unbranched alkanes of at least 4 members (excludes halogenated alkanes) is 20. The van der Waals surface area contributed by atoms with Crippen LogP contribution in [0.1, 0.15) is 195 Å². The summed E-state index contributed by atoms with van der Waals surface area (Å²) in [5, 5.41) is 2.75. The van der Waals surface area contributed by atoms with Crippen molar-refractivity contribution in [2.24, 2.45) is 0 Å². The minimum Gasteiger partial charge on any atom is -1.00 e. The van der Waals surface area contributed by atoms with Gasteiger partial charge in [-0.15, -0.1) is 0 Å². The molecule has 0 aliphatic heterocycles. The standard InChI is InChI=1S/C35H74N2.ClH/c1-5-9-13-16-18-20-23-27-32-37(33-28-24-21-19-17-14-10-6-2)34-31-36-35(29-25-12-8-4)30-26-22-15-11-7-3;/h35-36H,5-34H2,1-4H3;1H. The average Bonchev–Trinajstić information content (AvgIpc) is 2.90. The predicted octanol–water partition coefficient (Wildman–Crippen LogP) is 7.45. The normalized spacial score (nSPS) is 12.2. The Kier molecular flexibility index (Phi) is 37.4. The summed E-state index contributed by atoms with van der Waals surface area (Å²) in [5.41, 5.74) is 0. The van der Waals surface area contributed by atoms with Crippen LogP contribution in [0.5, 0.6) is 0 Å². The SMILES string of the molecule is CCCCCCCCCCN(CCCCCCCCCC)CC[NH2+]C(CCCCC)CCCCCCC.[Cl-]. The summed E-state index contributed by atoms with van der Waals surface area (Å²) in [7, 11) is 0. The van der Waals surface area contributed by atoms with Crippen LogP contribution in [0.15, 0.2) is 0 Å². The van der Waals surface area contributed by atoms with Gasteiger partial charge in [-0.1, -0.05) is 156 Å². The molecule has 0 fully saturated rings. The van der Waals surface area contributed by atoms with Crippen LogP contribution in [0.2, 0.25) is 0 Å². The van der Waals surface area contributed by atoms with E-state index in [4.69, 9.17) is 0 Å². The molecule has 1 unspecified atom stereocenters. The fourth-order valence-electron chi connectivity index (χ4n) is 5.81. The van der Waals surface area contributed by atoms with Gasteiger partial charge in [-0.25, -0.2) is 0 Å². The van der Waals surface area contributed by atoms with Crippen molar-refractivity contribution in [3.63, 3.8) is 0 Å². The van der Waals surface area contributed by atoms with Crippen molar-refractivity contribution >= 4 is 0 Å². The molecule has 38 heavy (non-hydrogen) atoms. The molecule has 0 rings (SSSR count). The first kappa shape index (κ1) is 40.3. The molecule has 0 spiro atoms. The van der Waals surface area contributed by atoms with E-state index in [2.05, 4.69) is 37.9 Å². The molecule has 0 aromatic heterocycles. The molecule has 0 aromatic carbocycles. The van der Waals surface area contributed by atoms with E-state index >= 15 is 0 Å². The van der Waals surface area contributed by atoms with Crippen molar-refractivity contribution in [3.8, 4) is 0 Å². The van der Waals surface area contributed by atoms with Gasteiger partial charge in [0.2, 0.25) is 0 Å². The molecular weight excluding hydrogens is 484 g/mol. The summed E-state index contributed by atoms with van der Waals surface area (Å²) in [6.07, 6.45) is 37.2. The minimum atomic E-state index is 0. The van der Waals surface area contributed by atoms with Crippen LogP contribution in [0, 0.1) is 0 Å². The van der Waals surface area contributed by atoms with Gasteiger partial charge >= 0.3 is 0 Å². The molecule has 0 saturated carbocycles. The second kappa shape index (κ2) is 35.2. The van der Waals surface area contributed by atoms with Crippen LogP contribution in [-0.4, -0.2) is 37.1 Å². The Labute approximate surface area is 249 Å². The zero-order valence-corrected chi connectivity index (χ0v) is 27.9. The van der Waals surface area contributed by atoms with Crippen molar-refractivity contribution < 1.29 is 17.7 Å². The minimum absolute atomic E-state index is 0. The van der Waals surface area contributed by atoms with E-state index in [-0.39, 0.29) is 12.4 Å². The van der Waals surface area contributed by atoms with E-state index in [9.17, 15) is 0 Å². The average molecular weight is 559 g/mol. The van der Waals surface area contributed by atoms with E-state index < -0.39 is 0 Å². The lowest BCUT2D eigenvalue weighted by Crippen LogP contribution is -3.00. The third kappa shape index (κ3) is 30.7. The largest absolute Gasteiger partial charge is 1.00 e. The van der Waals surface area contributed by atoms with Gasteiger partial charge in [-0.05, 0) is 51.6 Å². The fourth-order valence-corrected chi connectivity index (χ4v) is 5.81. The molecule has 2 N–H and O–H groups in total. The fraction of sp³-hybridized carbons (Fsp3) is 1.00. The summed E-state index contributed by atoms with van der Waals surface area (Å²) >= 11 is 0. The zero-order chi connectivity index (χ0) is 27.1. The highest BCUT2D eigenvalue weighted by Gasteiger charge is 2.13.